The molecular formula is C7H16NO4P. The highest BCUT2D eigenvalue weighted by atomic mass is 31.2. The smallest absolute Gasteiger partial charge is 0.320 e. The van der Waals surface area contributed by atoms with Crippen LogP contribution >= 0.6 is 7.14 Å². The first-order chi connectivity index (χ1) is 5.89. The second-order valence-electron chi connectivity index (χ2n) is 3.20. The molecule has 4 N–H and O–H groups in total. The molecule has 0 rings (SSSR count). The molecule has 0 saturated carbocycles. The van der Waals surface area contributed by atoms with Crippen LogP contribution in [-0.4, -0.2) is 47.8 Å². The first kappa shape index (κ1) is 12.6. The van der Waals surface area contributed by atoms with E-state index in [-0.39, 0.29) is 25.4 Å². The lowest BCUT2D eigenvalue weighted by Crippen LogP contribution is -2.31. The summed E-state index contributed by atoms with van der Waals surface area (Å²) in [7, 11) is -2.38. The van der Waals surface area contributed by atoms with Gasteiger partial charge in [-0.3, -0.25) is 4.79 Å². The number of carboxylic acids is 1. The van der Waals surface area contributed by atoms with Gasteiger partial charge < -0.3 is 20.5 Å². The molecule has 0 spiro atoms. The zero-order valence-electron chi connectivity index (χ0n) is 7.64. The number of carboxylic acid groups (broad SMARTS) is 1. The summed E-state index contributed by atoms with van der Waals surface area (Å²) >= 11 is 0. The van der Waals surface area contributed by atoms with Crippen molar-refractivity contribution < 1.29 is 19.6 Å². The molecule has 0 aromatic heterocycles. The van der Waals surface area contributed by atoms with E-state index in [9.17, 15) is 9.36 Å². The van der Waals surface area contributed by atoms with E-state index in [4.69, 9.17) is 15.9 Å². The Labute approximate surface area is 77.3 Å². The van der Waals surface area contributed by atoms with E-state index in [0.717, 1.165) is 0 Å². The van der Waals surface area contributed by atoms with Crippen molar-refractivity contribution in [3.63, 3.8) is 0 Å². The minimum absolute atomic E-state index is 0.129. The van der Waals surface area contributed by atoms with E-state index in [1.807, 2.05) is 0 Å². The molecule has 2 atom stereocenters. The summed E-state index contributed by atoms with van der Waals surface area (Å²) in [5.74, 6) is -1.08. The van der Waals surface area contributed by atoms with Crippen molar-refractivity contribution in [2.45, 2.75) is 12.5 Å². The Bertz CT molecular complexity index is 219. The van der Waals surface area contributed by atoms with Crippen LogP contribution in [0.4, 0.5) is 0 Å². The maximum Gasteiger partial charge on any atom is 0.320 e. The highest BCUT2D eigenvalue weighted by molar-refractivity contribution is 7.63. The Hall–Kier alpha value is -0.380. The molecule has 0 saturated heterocycles. The van der Waals surface area contributed by atoms with Gasteiger partial charge in [-0.2, -0.15) is 0 Å². The standard InChI is InChI=1S/C7H16NO4P/c1-13(12,5-3-9)4-2-6(8)7(10)11/h6,9H,2-5,8H2,1H3,(H,10,11)/t6-,13?/m0/s1. The monoisotopic (exact) mass is 209 g/mol. The molecule has 5 nitrogen and oxygen atoms in total. The van der Waals surface area contributed by atoms with Crippen LogP contribution in [0.15, 0.2) is 0 Å². The van der Waals surface area contributed by atoms with Crippen LogP contribution < -0.4 is 5.73 Å². The Morgan fingerprint density at radius 3 is 2.46 bits per heavy atom. The van der Waals surface area contributed by atoms with E-state index < -0.39 is 19.2 Å². The average molecular weight is 209 g/mol. The average Bonchev–Trinajstić information content (AvgIpc) is 2.00. The molecule has 0 bridgehead atoms. The molecule has 0 aliphatic carbocycles. The van der Waals surface area contributed by atoms with Gasteiger partial charge in [-0.15, -0.1) is 0 Å². The lowest BCUT2D eigenvalue weighted by molar-refractivity contribution is -0.138. The summed E-state index contributed by atoms with van der Waals surface area (Å²) < 4.78 is 11.5. The minimum Gasteiger partial charge on any atom is -0.480 e. The lowest BCUT2D eigenvalue weighted by Gasteiger charge is -2.12. The van der Waals surface area contributed by atoms with Crippen LogP contribution in [0.5, 0.6) is 0 Å². The van der Waals surface area contributed by atoms with Crippen LogP contribution in [0.25, 0.3) is 0 Å². The third-order valence-corrected chi connectivity index (χ3v) is 4.15. The molecule has 0 aliphatic rings. The fourth-order valence-electron chi connectivity index (χ4n) is 0.859. The summed E-state index contributed by atoms with van der Waals surface area (Å²) in [5, 5.41) is 17.0. The zero-order valence-corrected chi connectivity index (χ0v) is 8.54. The summed E-state index contributed by atoms with van der Waals surface area (Å²) in [6.07, 6.45) is 0.712. The van der Waals surface area contributed by atoms with Crippen molar-refractivity contribution in [1.29, 1.82) is 0 Å². The predicted molar refractivity (Wildman–Crippen MR) is 50.6 cm³/mol. The Morgan fingerprint density at radius 1 is 1.54 bits per heavy atom. The van der Waals surface area contributed by atoms with Crippen LogP contribution in [0, 0.1) is 0 Å². The third-order valence-electron chi connectivity index (χ3n) is 1.80. The van der Waals surface area contributed by atoms with E-state index >= 15 is 0 Å². The number of hydrogen-bond donors (Lipinski definition) is 3. The van der Waals surface area contributed by atoms with Gasteiger partial charge in [0.25, 0.3) is 0 Å². The van der Waals surface area contributed by atoms with E-state index in [0.29, 0.717) is 0 Å². The number of nitrogens with two attached hydrogens (primary N) is 1. The fourth-order valence-corrected chi connectivity index (χ4v) is 2.33. The summed E-state index contributed by atoms with van der Waals surface area (Å²) in [6.45, 7) is 1.42. The van der Waals surface area contributed by atoms with Crippen LogP contribution in [0.2, 0.25) is 0 Å². The van der Waals surface area contributed by atoms with Crippen molar-refractivity contribution in [2.75, 3.05) is 25.6 Å². The first-order valence-corrected chi connectivity index (χ1v) is 6.56. The number of aliphatic hydroxyl groups is 1. The molecular weight excluding hydrogens is 193 g/mol. The van der Waals surface area contributed by atoms with Gasteiger partial charge in [-0.1, -0.05) is 0 Å². The van der Waals surface area contributed by atoms with Crippen LogP contribution in [0.1, 0.15) is 6.42 Å². The van der Waals surface area contributed by atoms with Crippen molar-refractivity contribution in [1.82, 2.24) is 0 Å². The largest absolute Gasteiger partial charge is 0.480 e. The first-order valence-electron chi connectivity index (χ1n) is 4.04. The predicted octanol–water partition coefficient (Wildman–Crippen LogP) is -0.226. The van der Waals surface area contributed by atoms with Crippen molar-refractivity contribution in [3.05, 3.63) is 0 Å². The molecule has 13 heavy (non-hydrogen) atoms. The topological polar surface area (TPSA) is 101 Å². The van der Waals surface area contributed by atoms with Gasteiger partial charge in [0.15, 0.2) is 0 Å². The number of hydrogen-bond acceptors (Lipinski definition) is 4. The molecule has 0 radical (unpaired) electrons. The lowest BCUT2D eigenvalue weighted by atomic mass is 10.2. The SMILES string of the molecule is CP(=O)(CCO)CC[C@H](N)C(=O)O. The van der Waals surface area contributed by atoms with E-state index in [1.165, 1.54) is 0 Å². The third kappa shape index (κ3) is 5.80. The van der Waals surface area contributed by atoms with Crippen molar-refractivity contribution in [2.24, 2.45) is 5.73 Å². The Kier molecular flexibility index (Phi) is 5.21. The molecule has 0 fully saturated rings. The maximum absolute atomic E-state index is 11.5. The number of carbonyl (C=O) groups is 1. The molecule has 0 aliphatic heterocycles. The summed E-state index contributed by atoms with van der Waals surface area (Å²) in [4.78, 5) is 10.3. The summed E-state index contributed by atoms with van der Waals surface area (Å²) in [6, 6.07) is -0.952. The Balaban J connectivity index is 3.87. The molecule has 0 heterocycles. The van der Waals surface area contributed by atoms with Gasteiger partial charge in [0.05, 0.1) is 7.14 Å². The summed E-state index contributed by atoms with van der Waals surface area (Å²) in [5.41, 5.74) is 5.24. The van der Waals surface area contributed by atoms with Crippen LogP contribution in [-0.2, 0) is 9.36 Å². The van der Waals surface area contributed by atoms with Gasteiger partial charge in [-0.05, 0) is 13.1 Å². The van der Waals surface area contributed by atoms with Gasteiger partial charge in [0.2, 0.25) is 0 Å². The maximum atomic E-state index is 11.5. The fraction of sp³-hybridized carbons (Fsp3) is 0.857. The second-order valence-corrected chi connectivity index (χ2v) is 6.69. The molecule has 0 amide bonds. The quantitative estimate of drug-likeness (QED) is 0.525. The Morgan fingerprint density at radius 2 is 2.08 bits per heavy atom. The molecule has 1 unspecified atom stereocenters. The van der Waals surface area contributed by atoms with Crippen molar-refractivity contribution in [3.8, 4) is 0 Å². The second kappa shape index (κ2) is 5.37. The van der Waals surface area contributed by atoms with E-state index in [2.05, 4.69) is 0 Å². The van der Waals surface area contributed by atoms with Gasteiger partial charge in [0.1, 0.15) is 6.04 Å². The molecule has 6 heteroatoms. The highest BCUT2D eigenvalue weighted by Crippen LogP contribution is 2.41. The van der Waals surface area contributed by atoms with Crippen molar-refractivity contribution >= 4 is 13.1 Å². The molecule has 0 aromatic rings. The number of aliphatic carboxylic acids is 1. The minimum atomic E-state index is -2.38. The molecule has 78 valence electrons. The highest BCUT2D eigenvalue weighted by Gasteiger charge is 2.19. The van der Waals surface area contributed by atoms with Crippen LogP contribution in [0.3, 0.4) is 0 Å². The zero-order chi connectivity index (χ0) is 10.5. The number of aliphatic hydroxyl groups excluding tert-OH is 1. The molecule has 0 aromatic carbocycles. The van der Waals surface area contributed by atoms with Gasteiger partial charge >= 0.3 is 5.97 Å². The van der Waals surface area contributed by atoms with Gasteiger partial charge in [0, 0.05) is 18.9 Å². The van der Waals surface area contributed by atoms with E-state index in [1.54, 1.807) is 6.66 Å². The normalized spacial score (nSPS) is 17.8. The number of rotatable bonds is 6. The van der Waals surface area contributed by atoms with Gasteiger partial charge in [-0.25, -0.2) is 0 Å².